The number of aryl methyl sites for hydroxylation is 1. The second-order valence-electron chi connectivity index (χ2n) is 3.61. The lowest BCUT2D eigenvalue weighted by molar-refractivity contribution is 0.0910. The molecule has 0 bridgehead atoms. The Hall–Kier alpha value is 0.600. The predicted octanol–water partition coefficient (Wildman–Crippen LogP) is 2.72. The molecule has 82 valence electrons. The van der Waals surface area contributed by atoms with Crippen molar-refractivity contribution in [3.05, 3.63) is 11.3 Å². The monoisotopic (exact) mass is 279 g/mol. The fourth-order valence-corrected chi connectivity index (χ4v) is 4.86. The predicted molar refractivity (Wildman–Crippen MR) is 72.6 cm³/mol. The van der Waals surface area contributed by atoms with Crippen molar-refractivity contribution in [2.24, 2.45) is 5.92 Å². The third-order valence-electron chi connectivity index (χ3n) is 2.61. The molecule has 5 unspecified atom stereocenters. The Balaban J connectivity index is 2.44. The Morgan fingerprint density at radius 2 is 2.40 bits per heavy atom. The van der Waals surface area contributed by atoms with E-state index in [0.29, 0.717) is 7.96 Å². The molecule has 1 aromatic heterocycles. The van der Waals surface area contributed by atoms with Crippen molar-refractivity contribution in [1.82, 2.24) is 5.16 Å². The first-order valence-electron chi connectivity index (χ1n) is 4.69. The van der Waals surface area contributed by atoms with Crippen LogP contribution in [0.3, 0.4) is 0 Å². The molecule has 1 aromatic rings. The highest BCUT2D eigenvalue weighted by Gasteiger charge is 2.32. The Bertz CT molecular complexity index is 392. The van der Waals surface area contributed by atoms with Crippen molar-refractivity contribution >= 4 is 44.3 Å². The molecule has 15 heavy (non-hydrogen) atoms. The lowest BCUT2D eigenvalue weighted by Gasteiger charge is -2.16. The minimum absolute atomic E-state index is 0.122. The van der Waals surface area contributed by atoms with Crippen LogP contribution in [0.25, 0.3) is 0 Å². The van der Waals surface area contributed by atoms with E-state index in [1.807, 2.05) is 6.92 Å². The lowest BCUT2D eigenvalue weighted by atomic mass is 9.88. The maximum absolute atomic E-state index is 12.0. The first kappa shape index (κ1) is 12.1. The molecule has 7 heteroatoms. The summed E-state index contributed by atoms with van der Waals surface area (Å²) in [5.74, 6) is 1.13. The van der Waals surface area contributed by atoms with Gasteiger partial charge in [-0.2, -0.15) is 0 Å². The number of hydrogen-bond acceptors (Lipinski definition) is 3. The quantitative estimate of drug-likeness (QED) is 0.782. The third-order valence-corrected chi connectivity index (χ3v) is 12.4. The van der Waals surface area contributed by atoms with Crippen LogP contribution in [0.2, 0.25) is 0 Å². The largest absolute Gasteiger partial charge is 0.360 e. The normalized spacial score (nSPS) is 23.4. The molecule has 0 radical (unpaired) electrons. The highest BCUT2D eigenvalue weighted by molar-refractivity contribution is 8.63. The van der Waals surface area contributed by atoms with Gasteiger partial charge in [-0.25, -0.2) is 0 Å². The summed E-state index contributed by atoms with van der Waals surface area (Å²) in [5.41, 5.74) is 1.67. The molecule has 1 aliphatic carbocycles. The van der Waals surface area contributed by atoms with Gasteiger partial charge in [0.1, 0.15) is 11.2 Å². The summed E-state index contributed by atoms with van der Waals surface area (Å²) < 4.78 is 5.26. The number of carbonyl (C=O) groups excluding carboxylic acids is 1. The number of nitrogens with zero attached hydrogens (tertiary/aromatic N) is 1. The topological polar surface area (TPSA) is 43.1 Å². The van der Waals surface area contributed by atoms with E-state index in [4.69, 9.17) is 4.52 Å². The first-order chi connectivity index (χ1) is 7.15. The van der Waals surface area contributed by atoms with Gasteiger partial charge in [0.15, 0.2) is 5.78 Å². The Labute approximate surface area is 96.1 Å². The number of Topliss-reactive ketones (excluding diaryl/α,β-unsaturated/α-hetero) is 1. The maximum atomic E-state index is 12.0. The van der Waals surface area contributed by atoms with Gasteiger partial charge in [0.25, 0.3) is 0 Å². The molecule has 3 nitrogen and oxygen atoms in total. The standard InChI is InChI=1S/C8H13NO2P4/c1-4-2-3-5-6(7(4)10)8(9-11-5)15(13)14-12/h4,14H,2-3,12-13H2,1H3. The highest BCUT2D eigenvalue weighted by Crippen LogP contribution is 2.65. The van der Waals surface area contributed by atoms with E-state index >= 15 is 0 Å². The number of fused-ring (bicyclic) bond motifs is 1. The second kappa shape index (κ2) is 4.85. The van der Waals surface area contributed by atoms with Crippen LogP contribution in [0.1, 0.15) is 29.5 Å². The van der Waals surface area contributed by atoms with Crippen LogP contribution in [-0.2, 0) is 6.42 Å². The van der Waals surface area contributed by atoms with Gasteiger partial charge in [-0.15, -0.1) is 17.9 Å². The van der Waals surface area contributed by atoms with E-state index in [1.54, 1.807) is 0 Å². The van der Waals surface area contributed by atoms with Crippen LogP contribution in [0, 0.1) is 5.92 Å². The molecule has 0 spiro atoms. The average Bonchev–Trinajstić information content (AvgIpc) is 2.67. The summed E-state index contributed by atoms with van der Waals surface area (Å²) in [7, 11) is 5.78. The molecule has 5 atom stereocenters. The lowest BCUT2D eigenvalue weighted by Crippen LogP contribution is -2.23. The molecular weight excluding hydrogens is 266 g/mol. The van der Waals surface area contributed by atoms with Crippen LogP contribution in [0.4, 0.5) is 0 Å². The van der Waals surface area contributed by atoms with Gasteiger partial charge in [0.05, 0.1) is 5.56 Å². The summed E-state index contributed by atoms with van der Waals surface area (Å²) in [4.78, 5) is 12.0. The molecule has 2 rings (SSSR count). The molecule has 0 saturated heterocycles. The van der Waals surface area contributed by atoms with E-state index in [0.717, 1.165) is 29.6 Å². The first-order valence-corrected chi connectivity index (χ1v) is 11.3. The zero-order valence-corrected chi connectivity index (χ0v) is 12.6. The number of carbonyl (C=O) groups is 1. The summed E-state index contributed by atoms with van der Waals surface area (Å²) in [6.07, 6.45) is 1.74. The maximum Gasteiger partial charge on any atom is 0.171 e. The molecule has 0 fully saturated rings. The van der Waals surface area contributed by atoms with Crippen LogP contribution in [0.15, 0.2) is 4.52 Å². The number of hydrogen-bond donors (Lipinski definition) is 0. The Morgan fingerprint density at radius 1 is 1.67 bits per heavy atom. The molecule has 0 saturated carbocycles. The molecule has 1 heterocycles. The van der Waals surface area contributed by atoms with E-state index in [1.165, 1.54) is 0 Å². The van der Waals surface area contributed by atoms with Crippen molar-refractivity contribution in [2.75, 3.05) is 0 Å². The molecular formula is C8H13NO2P4. The van der Waals surface area contributed by atoms with Crippen LogP contribution >= 0.6 is 33.1 Å². The van der Waals surface area contributed by atoms with Crippen molar-refractivity contribution in [2.45, 2.75) is 19.8 Å². The smallest absolute Gasteiger partial charge is 0.171 e. The number of aromatic nitrogens is 1. The summed E-state index contributed by atoms with van der Waals surface area (Å²) >= 11 is 0. The van der Waals surface area contributed by atoms with Gasteiger partial charge in [-0.05, 0) is 13.7 Å². The fourth-order valence-electron chi connectivity index (χ4n) is 1.68. The summed E-state index contributed by atoms with van der Waals surface area (Å²) in [6.45, 7) is 1.98. The van der Waals surface area contributed by atoms with E-state index in [2.05, 4.69) is 23.0 Å². The van der Waals surface area contributed by atoms with Crippen molar-refractivity contribution < 1.29 is 9.32 Å². The van der Waals surface area contributed by atoms with Crippen molar-refractivity contribution in [3.63, 3.8) is 0 Å². The van der Waals surface area contributed by atoms with E-state index in [9.17, 15) is 4.79 Å². The average molecular weight is 279 g/mol. The minimum atomic E-state index is -0.415. The van der Waals surface area contributed by atoms with Gasteiger partial charge in [0.2, 0.25) is 0 Å². The van der Waals surface area contributed by atoms with E-state index in [-0.39, 0.29) is 11.7 Å². The van der Waals surface area contributed by atoms with Crippen molar-refractivity contribution in [1.29, 1.82) is 0 Å². The SMILES string of the molecule is CC1CCc2onc(P(P)PP)c2C1=O. The Kier molecular flexibility index (Phi) is 3.90. The molecule has 0 N–H and O–H groups in total. The third kappa shape index (κ3) is 2.18. The minimum Gasteiger partial charge on any atom is -0.360 e. The van der Waals surface area contributed by atoms with Crippen LogP contribution in [-0.4, -0.2) is 10.9 Å². The number of rotatable bonds is 2. The molecule has 0 aliphatic heterocycles. The van der Waals surface area contributed by atoms with Crippen molar-refractivity contribution in [3.8, 4) is 0 Å². The summed E-state index contributed by atoms with van der Waals surface area (Å²) in [5, 5.41) is 4.06. The molecule has 0 amide bonds. The van der Waals surface area contributed by atoms with E-state index < -0.39 is 7.30 Å². The van der Waals surface area contributed by atoms with Crippen LogP contribution in [0.5, 0.6) is 0 Å². The van der Waals surface area contributed by atoms with Gasteiger partial charge < -0.3 is 4.52 Å². The van der Waals surface area contributed by atoms with Gasteiger partial charge in [0, 0.05) is 12.3 Å². The van der Waals surface area contributed by atoms with Crippen LogP contribution < -0.4 is 5.44 Å². The summed E-state index contributed by atoms with van der Waals surface area (Å²) in [6, 6.07) is 0. The molecule has 0 aromatic carbocycles. The fraction of sp³-hybridized carbons (Fsp3) is 0.500. The van der Waals surface area contributed by atoms with Gasteiger partial charge >= 0.3 is 0 Å². The zero-order chi connectivity index (χ0) is 11.0. The second-order valence-corrected chi connectivity index (χ2v) is 12.7. The number of ketones is 1. The van der Waals surface area contributed by atoms with Gasteiger partial charge in [-0.1, -0.05) is 20.0 Å². The molecule has 1 aliphatic rings. The zero-order valence-electron chi connectivity index (χ0n) is 8.36. The highest BCUT2D eigenvalue weighted by atomic mass is 32.6. The van der Waals surface area contributed by atoms with Gasteiger partial charge in [-0.3, -0.25) is 4.79 Å². The Morgan fingerprint density at radius 3 is 3.07 bits per heavy atom.